The van der Waals surface area contributed by atoms with Crippen molar-refractivity contribution in [2.45, 2.75) is 0 Å². The van der Waals surface area contributed by atoms with Gasteiger partial charge in [-0.1, -0.05) is 0 Å². The van der Waals surface area contributed by atoms with Crippen LogP contribution in [0.2, 0.25) is 0 Å². The highest BCUT2D eigenvalue weighted by molar-refractivity contribution is 7.13. The summed E-state index contributed by atoms with van der Waals surface area (Å²) in [5, 5.41) is 2.56. The van der Waals surface area contributed by atoms with Crippen LogP contribution in [0, 0.1) is 0 Å². The van der Waals surface area contributed by atoms with Crippen molar-refractivity contribution in [3.05, 3.63) is 17.6 Å². The van der Waals surface area contributed by atoms with Gasteiger partial charge in [0.15, 0.2) is 10.8 Å². The Hall–Kier alpha value is -1.73. The minimum atomic E-state index is 0.359. The van der Waals surface area contributed by atoms with Crippen molar-refractivity contribution in [3.63, 3.8) is 0 Å². The van der Waals surface area contributed by atoms with Gasteiger partial charge < -0.3 is 11.2 Å². The van der Waals surface area contributed by atoms with Gasteiger partial charge in [0.25, 0.3) is 0 Å². The van der Waals surface area contributed by atoms with Crippen molar-refractivity contribution in [2.24, 2.45) is 5.84 Å². The van der Waals surface area contributed by atoms with E-state index in [1.165, 1.54) is 11.3 Å². The van der Waals surface area contributed by atoms with E-state index in [9.17, 15) is 0 Å². The maximum atomic E-state index is 5.57. The van der Waals surface area contributed by atoms with E-state index in [1.54, 1.807) is 12.3 Å². The Labute approximate surface area is 84.0 Å². The minimum Gasteiger partial charge on any atom is -0.384 e. The molecule has 6 nitrogen and oxygen atoms in total. The van der Waals surface area contributed by atoms with E-state index in [2.05, 4.69) is 20.4 Å². The van der Waals surface area contributed by atoms with Crippen LogP contribution in [0.5, 0.6) is 0 Å². The summed E-state index contributed by atoms with van der Waals surface area (Å²) in [5.74, 6) is 6.54. The molecular formula is C7H8N6S. The van der Waals surface area contributed by atoms with Crippen LogP contribution >= 0.6 is 11.3 Å². The fourth-order valence-corrected chi connectivity index (χ4v) is 1.54. The van der Waals surface area contributed by atoms with Gasteiger partial charge in [-0.05, 0) is 0 Å². The van der Waals surface area contributed by atoms with Gasteiger partial charge in [0.1, 0.15) is 11.6 Å². The summed E-state index contributed by atoms with van der Waals surface area (Å²) in [7, 11) is 0. The standard InChI is InChI=1S/C7H8N6S/c8-4-3-5(13-9)12-6(11-4)7-10-1-2-14-7/h1-3H,9H2,(H3,8,11,12,13). The molecule has 0 saturated heterocycles. The summed E-state index contributed by atoms with van der Waals surface area (Å²) in [4.78, 5) is 12.2. The molecule has 0 spiro atoms. The molecule has 0 aliphatic rings. The Balaban J connectivity index is 2.48. The van der Waals surface area contributed by atoms with Crippen LogP contribution in [0.4, 0.5) is 11.6 Å². The predicted molar refractivity (Wildman–Crippen MR) is 55.4 cm³/mol. The third kappa shape index (κ3) is 1.63. The molecule has 2 aromatic rings. The number of rotatable bonds is 2. The maximum Gasteiger partial charge on any atom is 0.192 e. The van der Waals surface area contributed by atoms with E-state index in [0.29, 0.717) is 22.5 Å². The lowest BCUT2D eigenvalue weighted by atomic mass is 10.5. The first-order valence-corrected chi connectivity index (χ1v) is 4.68. The topological polar surface area (TPSA) is 103 Å². The maximum absolute atomic E-state index is 5.57. The van der Waals surface area contributed by atoms with Gasteiger partial charge in [0.05, 0.1) is 0 Å². The van der Waals surface area contributed by atoms with Gasteiger partial charge in [-0.15, -0.1) is 11.3 Å². The van der Waals surface area contributed by atoms with Crippen molar-refractivity contribution in [1.29, 1.82) is 0 Å². The van der Waals surface area contributed by atoms with Crippen LogP contribution in [0.15, 0.2) is 17.6 Å². The van der Waals surface area contributed by atoms with E-state index < -0.39 is 0 Å². The van der Waals surface area contributed by atoms with Gasteiger partial charge in [-0.25, -0.2) is 20.8 Å². The Bertz CT molecular complexity index is 426. The number of aromatic nitrogens is 3. The Morgan fingerprint density at radius 1 is 1.36 bits per heavy atom. The van der Waals surface area contributed by atoms with Crippen LogP contribution in [0.1, 0.15) is 0 Å². The SMILES string of the molecule is NNc1cc(N)nc(-c2nccs2)n1. The summed E-state index contributed by atoms with van der Waals surface area (Å²) in [5.41, 5.74) is 7.99. The number of anilines is 2. The normalized spacial score (nSPS) is 10.1. The van der Waals surface area contributed by atoms with Gasteiger partial charge in [0.2, 0.25) is 0 Å². The lowest BCUT2D eigenvalue weighted by molar-refractivity contribution is 1.14. The van der Waals surface area contributed by atoms with Crippen molar-refractivity contribution >= 4 is 23.0 Å². The van der Waals surface area contributed by atoms with Gasteiger partial charge >= 0.3 is 0 Å². The third-order valence-corrected chi connectivity index (χ3v) is 2.29. The second-order valence-electron chi connectivity index (χ2n) is 2.48. The minimum absolute atomic E-state index is 0.359. The molecule has 0 saturated carbocycles. The zero-order valence-corrected chi connectivity index (χ0v) is 7.95. The zero-order valence-electron chi connectivity index (χ0n) is 7.14. The molecule has 72 valence electrons. The van der Waals surface area contributed by atoms with E-state index in [4.69, 9.17) is 11.6 Å². The lowest BCUT2D eigenvalue weighted by Crippen LogP contribution is -2.10. The largest absolute Gasteiger partial charge is 0.384 e. The quantitative estimate of drug-likeness (QED) is 0.489. The zero-order chi connectivity index (χ0) is 9.97. The molecule has 0 aliphatic heterocycles. The molecular weight excluding hydrogens is 200 g/mol. The number of nitrogens with two attached hydrogens (primary N) is 2. The highest BCUT2D eigenvalue weighted by Gasteiger charge is 2.06. The molecule has 14 heavy (non-hydrogen) atoms. The highest BCUT2D eigenvalue weighted by Crippen LogP contribution is 2.20. The lowest BCUT2D eigenvalue weighted by Gasteiger charge is -2.02. The fourth-order valence-electron chi connectivity index (χ4n) is 0.969. The molecule has 0 aromatic carbocycles. The summed E-state index contributed by atoms with van der Waals surface area (Å²) in [6.45, 7) is 0. The number of hydrogen-bond donors (Lipinski definition) is 3. The molecule has 7 heteroatoms. The monoisotopic (exact) mass is 208 g/mol. The number of nitrogens with one attached hydrogen (secondary N) is 1. The van der Waals surface area contributed by atoms with Gasteiger partial charge in [0, 0.05) is 17.6 Å². The van der Waals surface area contributed by atoms with E-state index in [0.717, 1.165) is 0 Å². The van der Waals surface area contributed by atoms with Crippen molar-refractivity contribution in [2.75, 3.05) is 11.2 Å². The molecule has 5 N–H and O–H groups in total. The molecule has 2 heterocycles. The molecule has 0 amide bonds. The number of nitrogen functional groups attached to an aromatic ring is 2. The molecule has 0 fully saturated rings. The third-order valence-electron chi connectivity index (χ3n) is 1.52. The first kappa shape index (κ1) is 8.85. The van der Waals surface area contributed by atoms with Gasteiger partial charge in [-0.2, -0.15) is 0 Å². The summed E-state index contributed by atoms with van der Waals surface area (Å²) < 4.78 is 0. The number of nitrogens with zero attached hydrogens (tertiary/aromatic N) is 3. The van der Waals surface area contributed by atoms with Crippen LogP contribution in [0.3, 0.4) is 0 Å². The van der Waals surface area contributed by atoms with Crippen molar-refractivity contribution in [1.82, 2.24) is 15.0 Å². The summed E-state index contributed by atoms with van der Waals surface area (Å²) in [6.07, 6.45) is 1.68. The molecule has 0 bridgehead atoms. The number of hydrazine groups is 1. The van der Waals surface area contributed by atoms with Crippen molar-refractivity contribution in [3.8, 4) is 10.8 Å². The van der Waals surface area contributed by atoms with Crippen LogP contribution < -0.4 is 17.0 Å². The Morgan fingerprint density at radius 2 is 2.21 bits per heavy atom. The molecule has 0 atom stereocenters. The second kappa shape index (κ2) is 3.56. The smallest absolute Gasteiger partial charge is 0.192 e. The second-order valence-corrected chi connectivity index (χ2v) is 3.38. The van der Waals surface area contributed by atoms with E-state index in [-0.39, 0.29) is 0 Å². The molecule has 0 unspecified atom stereocenters. The fraction of sp³-hybridized carbons (Fsp3) is 0. The van der Waals surface area contributed by atoms with Crippen LogP contribution in [0.25, 0.3) is 10.8 Å². The molecule has 0 aliphatic carbocycles. The molecule has 2 rings (SSSR count). The number of hydrogen-bond acceptors (Lipinski definition) is 7. The van der Waals surface area contributed by atoms with Crippen LogP contribution in [-0.2, 0) is 0 Å². The first-order chi connectivity index (χ1) is 6.79. The van der Waals surface area contributed by atoms with E-state index in [1.807, 2.05) is 5.38 Å². The summed E-state index contributed by atoms with van der Waals surface area (Å²) in [6, 6.07) is 1.55. The Morgan fingerprint density at radius 3 is 2.86 bits per heavy atom. The molecule has 0 radical (unpaired) electrons. The Kier molecular flexibility index (Phi) is 2.25. The first-order valence-electron chi connectivity index (χ1n) is 3.80. The highest BCUT2D eigenvalue weighted by atomic mass is 32.1. The summed E-state index contributed by atoms with van der Waals surface area (Å²) >= 11 is 1.44. The number of thiazole rings is 1. The van der Waals surface area contributed by atoms with Gasteiger partial charge in [-0.3, -0.25) is 0 Å². The van der Waals surface area contributed by atoms with Crippen molar-refractivity contribution < 1.29 is 0 Å². The molecule has 2 aromatic heterocycles. The predicted octanol–water partition coefficient (Wildman–Crippen LogP) is 0.468. The van der Waals surface area contributed by atoms with E-state index >= 15 is 0 Å². The average Bonchev–Trinajstić information content (AvgIpc) is 2.69. The average molecular weight is 208 g/mol. The van der Waals surface area contributed by atoms with Crippen LogP contribution in [-0.4, -0.2) is 15.0 Å².